The Morgan fingerprint density at radius 2 is 1.48 bits per heavy atom. The van der Waals surface area contributed by atoms with Gasteiger partial charge in [0.15, 0.2) is 0 Å². The number of hydrogen-bond donors (Lipinski definition) is 0. The molecule has 0 bridgehead atoms. The van der Waals surface area contributed by atoms with E-state index >= 15 is 0 Å². The third kappa shape index (κ3) is 4.68. The number of rotatable bonds is 5. The van der Waals surface area contributed by atoms with Crippen LogP contribution in [0.15, 0.2) is 48.5 Å². The first-order chi connectivity index (χ1) is 16.1. The summed E-state index contributed by atoms with van der Waals surface area (Å²) in [6.07, 6.45) is 5.35. The van der Waals surface area contributed by atoms with Gasteiger partial charge >= 0.3 is 0 Å². The lowest BCUT2D eigenvalue weighted by Crippen LogP contribution is -2.51. The van der Waals surface area contributed by atoms with Crippen molar-refractivity contribution in [3.05, 3.63) is 59.1 Å². The summed E-state index contributed by atoms with van der Waals surface area (Å²) in [6, 6.07) is 17.2. The van der Waals surface area contributed by atoms with Gasteiger partial charge in [0.05, 0.1) is 12.8 Å². The van der Waals surface area contributed by atoms with E-state index in [0.717, 1.165) is 70.2 Å². The second-order valence-electron chi connectivity index (χ2n) is 9.01. The molecule has 2 aliphatic rings. The number of ether oxygens (including phenoxy) is 1. The molecule has 2 heterocycles. The lowest BCUT2D eigenvalue weighted by Gasteiger charge is -2.37. The molecule has 2 aromatic carbocycles. The number of nitrogens with zero attached hydrogens (tertiary/aromatic N) is 3. The highest BCUT2D eigenvalue weighted by molar-refractivity contribution is 7.17. The van der Waals surface area contributed by atoms with Crippen LogP contribution in [0.25, 0.3) is 21.7 Å². The van der Waals surface area contributed by atoms with Crippen LogP contribution in [0.1, 0.15) is 41.0 Å². The number of amides is 1. The van der Waals surface area contributed by atoms with Crippen molar-refractivity contribution in [1.82, 2.24) is 14.8 Å². The standard InChI is InChI=1S/C27H31N3O2S/c1-19-25(27(31)30-17-15-29(16-18-30)23-5-3-4-6-23)33-26(28-19)22-9-7-20(8-10-22)21-11-13-24(32-2)14-12-21/h7-14,23H,3-6,15-18H2,1-2H3. The average Bonchev–Trinajstić information content (AvgIpc) is 3.54. The molecule has 1 aliphatic heterocycles. The van der Waals surface area contributed by atoms with Crippen molar-refractivity contribution >= 4 is 17.2 Å². The first-order valence-electron chi connectivity index (χ1n) is 11.9. The van der Waals surface area contributed by atoms with Gasteiger partial charge in [-0.2, -0.15) is 0 Å². The van der Waals surface area contributed by atoms with Crippen LogP contribution in [-0.2, 0) is 0 Å². The van der Waals surface area contributed by atoms with E-state index in [1.807, 2.05) is 24.0 Å². The van der Waals surface area contributed by atoms with Gasteiger partial charge in [0.25, 0.3) is 5.91 Å². The zero-order chi connectivity index (χ0) is 22.8. The monoisotopic (exact) mass is 461 g/mol. The predicted octanol–water partition coefficient (Wildman–Crippen LogP) is 5.49. The van der Waals surface area contributed by atoms with Gasteiger partial charge in [-0.15, -0.1) is 11.3 Å². The van der Waals surface area contributed by atoms with Gasteiger partial charge in [-0.1, -0.05) is 49.2 Å². The van der Waals surface area contributed by atoms with Crippen LogP contribution in [0, 0.1) is 6.92 Å². The fraction of sp³-hybridized carbons (Fsp3) is 0.407. The van der Waals surface area contributed by atoms with Gasteiger partial charge < -0.3 is 9.64 Å². The topological polar surface area (TPSA) is 45.7 Å². The van der Waals surface area contributed by atoms with Gasteiger partial charge in [-0.05, 0) is 43.0 Å². The smallest absolute Gasteiger partial charge is 0.265 e. The molecule has 172 valence electrons. The summed E-state index contributed by atoms with van der Waals surface area (Å²) in [4.78, 5) is 23.4. The fourth-order valence-corrected chi connectivity index (χ4v) is 6.05. The Morgan fingerprint density at radius 1 is 0.909 bits per heavy atom. The van der Waals surface area contributed by atoms with E-state index in [0.29, 0.717) is 0 Å². The van der Waals surface area contributed by atoms with Crippen molar-refractivity contribution in [3.63, 3.8) is 0 Å². The van der Waals surface area contributed by atoms with Gasteiger partial charge in [0, 0.05) is 37.8 Å². The molecule has 1 amide bonds. The van der Waals surface area contributed by atoms with Crippen LogP contribution in [-0.4, -0.2) is 60.0 Å². The first-order valence-corrected chi connectivity index (χ1v) is 12.7. The minimum atomic E-state index is 0.136. The summed E-state index contributed by atoms with van der Waals surface area (Å²) in [5, 5.41) is 0.904. The largest absolute Gasteiger partial charge is 0.497 e. The Bertz CT molecular complexity index is 1090. The molecule has 1 aliphatic carbocycles. The molecule has 3 aromatic rings. The van der Waals surface area contributed by atoms with Gasteiger partial charge in [0.2, 0.25) is 0 Å². The summed E-state index contributed by atoms with van der Waals surface area (Å²) in [7, 11) is 1.68. The Balaban J connectivity index is 1.26. The van der Waals surface area contributed by atoms with Crippen molar-refractivity contribution in [2.24, 2.45) is 0 Å². The minimum Gasteiger partial charge on any atom is -0.497 e. The summed E-state index contributed by atoms with van der Waals surface area (Å²) in [6.45, 7) is 5.58. The Labute approximate surface area is 200 Å². The molecule has 0 atom stereocenters. The highest BCUT2D eigenvalue weighted by Crippen LogP contribution is 2.32. The number of carbonyl (C=O) groups excluding carboxylic acids is 1. The zero-order valence-corrected chi connectivity index (χ0v) is 20.2. The van der Waals surface area contributed by atoms with Crippen LogP contribution in [0.3, 0.4) is 0 Å². The summed E-state index contributed by atoms with van der Waals surface area (Å²) < 4.78 is 5.25. The predicted molar refractivity (Wildman–Crippen MR) is 134 cm³/mol. The molecule has 2 fully saturated rings. The van der Waals surface area contributed by atoms with Gasteiger partial charge in [0.1, 0.15) is 15.6 Å². The lowest BCUT2D eigenvalue weighted by molar-refractivity contribution is 0.0577. The number of carbonyl (C=O) groups is 1. The van der Waals surface area contributed by atoms with Crippen molar-refractivity contribution in [1.29, 1.82) is 0 Å². The third-order valence-corrected chi connectivity index (χ3v) is 8.18. The van der Waals surface area contributed by atoms with E-state index in [9.17, 15) is 4.79 Å². The Morgan fingerprint density at radius 3 is 2.09 bits per heavy atom. The van der Waals surface area contributed by atoms with Crippen molar-refractivity contribution in [3.8, 4) is 27.4 Å². The Hall–Kier alpha value is -2.70. The molecule has 0 unspecified atom stereocenters. The molecule has 6 heteroatoms. The second-order valence-corrected chi connectivity index (χ2v) is 10.0. The molecular formula is C27H31N3O2S. The van der Waals surface area contributed by atoms with Gasteiger partial charge in [-0.25, -0.2) is 4.98 Å². The molecule has 1 aromatic heterocycles. The highest BCUT2D eigenvalue weighted by atomic mass is 32.1. The second kappa shape index (κ2) is 9.65. The summed E-state index contributed by atoms with van der Waals surface area (Å²) in [5.41, 5.74) is 4.17. The maximum atomic E-state index is 13.3. The quantitative estimate of drug-likeness (QED) is 0.504. The van der Waals surface area contributed by atoms with Crippen LogP contribution >= 0.6 is 11.3 Å². The molecule has 5 rings (SSSR count). The van der Waals surface area contributed by atoms with E-state index in [1.165, 1.54) is 37.0 Å². The maximum Gasteiger partial charge on any atom is 0.265 e. The normalized spacial score (nSPS) is 17.5. The summed E-state index contributed by atoms with van der Waals surface area (Å²) >= 11 is 1.51. The van der Waals surface area contributed by atoms with E-state index in [-0.39, 0.29) is 5.91 Å². The number of hydrogen-bond acceptors (Lipinski definition) is 5. The number of benzene rings is 2. The van der Waals surface area contributed by atoms with Crippen LogP contribution in [0.5, 0.6) is 5.75 Å². The van der Waals surface area contributed by atoms with Crippen molar-refractivity contribution in [2.75, 3.05) is 33.3 Å². The molecule has 1 saturated carbocycles. The number of thiazole rings is 1. The van der Waals surface area contributed by atoms with Crippen molar-refractivity contribution < 1.29 is 9.53 Å². The third-order valence-electron chi connectivity index (χ3n) is 6.99. The minimum absolute atomic E-state index is 0.136. The number of aromatic nitrogens is 1. The molecule has 0 N–H and O–H groups in total. The summed E-state index contributed by atoms with van der Waals surface area (Å²) in [5.74, 6) is 0.989. The molecule has 0 spiro atoms. The molecule has 33 heavy (non-hydrogen) atoms. The lowest BCUT2D eigenvalue weighted by atomic mass is 10.0. The van der Waals surface area contributed by atoms with E-state index < -0.39 is 0 Å². The SMILES string of the molecule is COc1ccc(-c2ccc(-c3nc(C)c(C(=O)N4CCN(C5CCCC5)CC4)s3)cc2)cc1. The number of aryl methyl sites for hydroxylation is 1. The molecular weight excluding hydrogens is 430 g/mol. The van der Waals surface area contributed by atoms with Crippen LogP contribution in [0.4, 0.5) is 0 Å². The molecule has 1 saturated heterocycles. The number of methoxy groups -OCH3 is 1. The highest BCUT2D eigenvalue weighted by Gasteiger charge is 2.29. The van der Waals surface area contributed by atoms with Gasteiger partial charge in [-0.3, -0.25) is 9.69 Å². The average molecular weight is 462 g/mol. The number of piperazine rings is 1. The van der Waals surface area contributed by atoms with E-state index in [4.69, 9.17) is 9.72 Å². The van der Waals surface area contributed by atoms with E-state index in [1.54, 1.807) is 7.11 Å². The Kier molecular flexibility index (Phi) is 6.47. The first kappa shape index (κ1) is 22.1. The molecule has 5 nitrogen and oxygen atoms in total. The van der Waals surface area contributed by atoms with Crippen LogP contribution < -0.4 is 4.74 Å². The molecule has 0 radical (unpaired) electrons. The van der Waals surface area contributed by atoms with Crippen LogP contribution in [0.2, 0.25) is 0 Å². The van der Waals surface area contributed by atoms with E-state index in [2.05, 4.69) is 41.3 Å². The zero-order valence-electron chi connectivity index (χ0n) is 19.4. The van der Waals surface area contributed by atoms with Crippen molar-refractivity contribution in [2.45, 2.75) is 38.6 Å². The fourth-order valence-electron chi connectivity index (χ4n) is 5.01. The maximum absolute atomic E-state index is 13.3.